The molecule has 0 radical (unpaired) electrons. The monoisotopic (exact) mass is 215 g/mol. The van der Waals surface area contributed by atoms with Gasteiger partial charge in [-0.25, -0.2) is 0 Å². The van der Waals surface area contributed by atoms with E-state index in [0.717, 1.165) is 18.1 Å². The average Bonchev–Trinajstić information content (AvgIpc) is 2.19. The molecule has 3 heteroatoms. The van der Waals surface area contributed by atoms with Crippen LogP contribution in [0.3, 0.4) is 0 Å². The molecule has 13 heavy (non-hydrogen) atoms. The lowest BCUT2D eigenvalue weighted by atomic mass is 10.4. The van der Waals surface area contributed by atoms with Crippen LogP contribution in [0.15, 0.2) is 24.4 Å². The van der Waals surface area contributed by atoms with E-state index in [1.165, 1.54) is 17.9 Å². The van der Waals surface area contributed by atoms with Crippen LogP contribution in [0.1, 0.15) is 18.5 Å². The predicted molar refractivity (Wildman–Crippen MR) is 60.4 cm³/mol. The molecule has 0 unspecified atom stereocenters. The summed E-state index contributed by atoms with van der Waals surface area (Å²) in [5.41, 5.74) is 1.17. The maximum atomic E-state index is 5.58. The summed E-state index contributed by atoms with van der Waals surface area (Å²) in [6.45, 7) is 0. The highest BCUT2D eigenvalue weighted by molar-refractivity contribution is 7.98. The summed E-state index contributed by atoms with van der Waals surface area (Å²) in [7, 11) is 0. The standard InChI is InChI=1S/C10H14ClNS/c11-6-2-4-8-13-9-10-5-1-3-7-12-10/h1,3,5,7H,2,4,6,8-9H2. The molecule has 0 saturated carbocycles. The van der Waals surface area contributed by atoms with Crippen LogP contribution in [0, 0.1) is 0 Å². The number of alkyl halides is 1. The third kappa shape index (κ3) is 5.17. The summed E-state index contributed by atoms with van der Waals surface area (Å²) in [6.07, 6.45) is 4.17. The van der Waals surface area contributed by atoms with E-state index in [-0.39, 0.29) is 0 Å². The Morgan fingerprint density at radius 3 is 2.92 bits per heavy atom. The van der Waals surface area contributed by atoms with Crippen molar-refractivity contribution in [1.29, 1.82) is 0 Å². The van der Waals surface area contributed by atoms with Crippen molar-refractivity contribution in [2.45, 2.75) is 18.6 Å². The van der Waals surface area contributed by atoms with Gasteiger partial charge < -0.3 is 0 Å². The van der Waals surface area contributed by atoms with Crippen LogP contribution < -0.4 is 0 Å². The number of unbranched alkanes of at least 4 members (excludes halogenated alkanes) is 1. The van der Waals surface area contributed by atoms with E-state index >= 15 is 0 Å². The number of nitrogens with zero attached hydrogens (tertiary/aromatic N) is 1. The first-order valence-corrected chi connectivity index (χ1v) is 6.16. The van der Waals surface area contributed by atoms with Gasteiger partial charge in [0.2, 0.25) is 0 Å². The number of pyridine rings is 1. The Labute approximate surface area is 88.9 Å². The van der Waals surface area contributed by atoms with E-state index in [2.05, 4.69) is 11.1 Å². The van der Waals surface area contributed by atoms with E-state index in [0.29, 0.717) is 0 Å². The zero-order valence-electron chi connectivity index (χ0n) is 7.58. The van der Waals surface area contributed by atoms with Crippen LogP contribution in [0.2, 0.25) is 0 Å². The number of hydrogen-bond acceptors (Lipinski definition) is 2. The summed E-state index contributed by atoms with van der Waals surface area (Å²) < 4.78 is 0. The van der Waals surface area contributed by atoms with Gasteiger partial charge in [0.05, 0.1) is 5.69 Å². The highest BCUT2D eigenvalue weighted by Crippen LogP contribution is 2.11. The lowest BCUT2D eigenvalue weighted by Gasteiger charge is -1.99. The van der Waals surface area contributed by atoms with Crippen molar-refractivity contribution in [2.24, 2.45) is 0 Å². The van der Waals surface area contributed by atoms with Crippen LogP contribution in [-0.4, -0.2) is 16.6 Å². The molecule has 0 N–H and O–H groups in total. The summed E-state index contributed by atoms with van der Waals surface area (Å²) in [6, 6.07) is 6.04. The van der Waals surface area contributed by atoms with Gasteiger partial charge in [-0.3, -0.25) is 4.98 Å². The smallest absolute Gasteiger partial charge is 0.0502 e. The van der Waals surface area contributed by atoms with E-state index in [9.17, 15) is 0 Å². The second-order valence-corrected chi connectivity index (χ2v) is 4.25. The molecule has 0 aliphatic rings. The van der Waals surface area contributed by atoms with Crippen LogP contribution in [-0.2, 0) is 5.75 Å². The Morgan fingerprint density at radius 2 is 2.23 bits per heavy atom. The third-order valence-electron chi connectivity index (χ3n) is 1.65. The van der Waals surface area contributed by atoms with Crippen molar-refractivity contribution in [3.8, 4) is 0 Å². The minimum Gasteiger partial charge on any atom is -0.260 e. The highest BCUT2D eigenvalue weighted by Gasteiger charge is 1.93. The molecule has 0 spiro atoms. The first-order valence-electron chi connectivity index (χ1n) is 4.47. The Kier molecular flexibility index (Phi) is 6.03. The fourth-order valence-electron chi connectivity index (χ4n) is 0.959. The highest BCUT2D eigenvalue weighted by atomic mass is 35.5. The molecule has 0 saturated heterocycles. The summed E-state index contributed by atoms with van der Waals surface area (Å²) in [5.74, 6) is 2.98. The predicted octanol–water partition coefficient (Wildman–Crippen LogP) is 3.33. The van der Waals surface area contributed by atoms with Crippen molar-refractivity contribution in [3.05, 3.63) is 30.1 Å². The summed E-state index contributed by atoms with van der Waals surface area (Å²) in [4.78, 5) is 4.25. The molecule has 0 aliphatic heterocycles. The van der Waals surface area contributed by atoms with E-state index in [1.54, 1.807) is 0 Å². The lowest BCUT2D eigenvalue weighted by Crippen LogP contribution is -1.87. The summed E-state index contributed by atoms with van der Waals surface area (Å²) >= 11 is 7.50. The molecule has 0 fully saturated rings. The first-order chi connectivity index (χ1) is 6.43. The van der Waals surface area contributed by atoms with Gasteiger partial charge in [-0.05, 0) is 30.7 Å². The molecule has 0 amide bonds. The van der Waals surface area contributed by atoms with Crippen molar-refractivity contribution in [1.82, 2.24) is 4.98 Å². The zero-order valence-corrected chi connectivity index (χ0v) is 9.15. The van der Waals surface area contributed by atoms with Gasteiger partial charge in [-0.15, -0.1) is 11.6 Å². The van der Waals surface area contributed by atoms with Crippen molar-refractivity contribution in [3.63, 3.8) is 0 Å². The maximum absolute atomic E-state index is 5.58. The van der Waals surface area contributed by atoms with Gasteiger partial charge >= 0.3 is 0 Å². The lowest BCUT2D eigenvalue weighted by molar-refractivity contribution is 0.902. The minimum atomic E-state index is 0.782. The topological polar surface area (TPSA) is 12.9 Å². The fourth-order valence-corrected chi connectivity index (χ4v) is 2.08. The maximum Gasteiger partial charge on any atom is 0.0502 e. The SMILES string of the molecule is ClCCCCSCc1ccccn1. The molecule has 1 aromatic rings. The normalized spacial score (nSPS) is 10.2. The van der Waals surface area contributed by atoms with Gasteiger partial charge in [-0.2, -0.15) is 11.8 Å². The molecule has 0 aliphatic carbocycles. The minimum absolute atomic E-state index is 0.782. The number of halogens is 1. The number of aromatic nitrogens is 1. The molecule has 0 atom stereocenters. The van der Waals surface area contributed by atoms with Crippen LogP contribution in [0.25, 0.3) is 0 Å². The molecule has 1 aromatic heterocycles. The molecular formula is C10H14ClNS. The van der Waals surface area contributed by atoms with E-state index < -0.39 is 0 Å². The fraction of sp³-hybridized carbons (Fsp3) is 0.500. The third-order valence-corrected chi connectivity index (χ3v) is 2.99. The Balaban J connectivity index is 2.07. The van der Waals surface area contributed by atoms with E-state index in [1.807, 2.05) is 30.1 Å². The molecule has 72 valence electrons. The quantitative estimate of drug-likeness (QED) is 0.533. The Bertz CT molecular complexity index is 215. The Hall–Kier alpha value is -0.210. The summed E-state index contributed by atoms with van der Waals surface area (Å²) in [5, 5.41) is 0. The largest absolute Gasteiger partial charge is 0.260 e. The van der Waals surface area contributed by atoms with Gasteiger partial charge in [0.15, 0.2) is 0 Å². The molecule has 1 nitrogen and oxygen atoms in total. The molecule has 0 aromatic carbocycles. The van der Waals surface area contributed by atoms with Gasteiger partial charge in [0.1, 0.15) is 0 Å². The van der Waals surface area contributed by atoms with Crippen LogP contribution in [0.4, 0.5) is 0 Å². The van der Waals surface area contributed by atoms with Gasteiger partial charge in [0, 0.05) is 17.8 Å². The molecule has 1 rings (SSSR count). The molecular weight excluding hydrogens is 202 g/mol. The van der Waals surface area contributed by atoms with Gasteiger partial charge in [-0.1, -0.05) is 6.07 Å². The van der Waals surface area contributed by atoms with Crippen LogP contribution in [0.5, 0.6) is 0 Å². The van der Waals surface area contributed by atoms with Crippen molar-refractivity contribution in [2.75, 3.05) is 11.6 Å². The number of rotatable bonds is 6. The zero-order chi connectivity index (χ0) is 9.36. The number of thioether (sulfide) groups is 1. The first kappa shape index (κ1) is 10.9. The van der Waals surface area contributed by atoms with Gasteiger partial charge in [0.25, 0.3) is 0 Å². The number of hydrogen-bond donors (Lipinski definition) is 0. The second-order valence-electron chi connectivity index (χ2n) is 2.77. The second kappa shape index (κ2) is 7.22. The van der Waals surface area contributed by atoms with Crippen molar-refractivity contribution < 1.29 is 0 Å². The average molecular weight is 216 g/mol. The Morgan fingerprint density at radius 1 is 1.31 bits per heavy atom. The molecule has 1 heterocycles. The van der Waals surface area contributed by atoms with Crippen LogP contribution >= 0.6 is 23.4 Å². The van der Waals surface area contributed by atoms with E-state index in [4.69, 9.17) is 11.6 Å². The molecule has 0 bridgehead atoms. The van der Waals surface area contributed by atoms with Crippen molar-refractivity contribution >= 4 is 23.4 Å².